The molecule has 9 nitrogen and oxygen atoms in total. The Morgan fingerprint density at radius 3 is 2.20 bits per heavy atom. The van der Waals surface area contributed by atoms with E-state index < -0.39 is 23.6 Å². The summed E-state index contributed by atoms with van der Waals surface area (Å²) in [5.74, 6) is -0.661. The lowest BCUT2D eigenvalue weighted by atomic mass is 10.1. The average Bonchev–Trinajstić information content (AvgIpc) is 3.21. The average molecular weight is 560 g/mol. The smallest absolute Gasteiger partial charge is 0.294 e. The van der Waals surface area contributed by atoms with Crippen LogP contribution in [0.2, 0.25) is 0 Å². The van der Waals surface area contributed by atoms with Crippen LogP contribution in [-0.2, 0) is 20.8 Å². The molecule has 0 saturated carbocycles. The number of nitrogens with zero attached hydrogens (tertiary/aromatic N) is 1. The summed E-state index contributed by atoms with van der Waals surface area (Å²) in [7, 11) is 1.46. The summed E-state index contributed by atoms with van der Waals surface area (Å²) in [6.07, 6.45) is 2.42. The minimum atomic E-state index is -0.557. The van der Waals surface area contributed by atoms with E-state index in [0.717, 1.165) is 34.2 Å². The highest BCUT2D eigenvalue weighted by molar-refractivity contribution is 8.18. The molecule has 1 aliphatic heterocycles. The number of benzene rings is 3. The quantitative estimate of drug-likeness (QED) is 0.326. The normalized spacial score (nSPS) is 13.9. The first kappa shape index (κ1) is 28.4. The second kappa shape index (κ2) is 13.0. The summed E-state index contributed by atoms with van der Waals surface area (Å²) >= 11 is 0.757. The maximum Gasteiger partial charge on any atom is 0.294 e. The van der Waals surface area contributed by atoms with Crippen LogP contribution in [0.3, 0.4) is 0 Å². The summed E-state index contributed by atoms with van der Waals surface area (Å²) in [6.45, 7) is 3.38. The molecule has 0 radical (unpaired) electrons. The topological polar surface area (TPSA) is 114 Å². The number of anilines is 2. The SMILES string of the molecule is CCc1ccc(NC(=O)CN2C(=O)S/C(=C/c3ccc(OCC(=O)Nc4ccc(C)cc4)c(OC)c3)C2=O)cc1. The zero-order chi connectivity index (χ0) is 28.6. The second-order valence-corrected chi connectivity index (χ2v) is 9.97. The van der Waals surface area contributed by atoms with Crippen molar-refractivity contribution in [2.24, 2.45) is 0 Å². The number of nitrogens with one attached hydrogen (secondary N) is 2. The van der Waals surface area contributed by atoms with Crippen molar-refractivity contribution in [3.63, 3.8) is 0 Å². The number of aryl methyl sites for hydroxylation is 2. The molecular formula is C30H29N3O6S. The highest BCUT2D eigenvalue weighted by Gasteiger charge is 2.36. The number of imide groups is 1. The third kappa shape index (κ3) is 7.29. The molecule has 0 aromatic heterocycles. The number of hydrogen-bond acceptors (Lipinski definition) is 7. The van der Waals surface area contributed by atoms with Crippen molar-refractivity contribution in [1.29, 1.82) is 0 Å². The van der Waals surface area contributed by atoms with Crippen molar-refractivity contribution in [3.8, 4) is 11.5 Å². The van der Waals surface area contributed by atoms with Crippen molar-refractivity contribution in [2.45, 2.75) is 20.3 Å². The van der Waals surface area contributed by atoms with E-state index in [4.69, 9.17) is 9.47 Å². The molecule has 2 N–H and O–H groups in total. The highest BCUT2D eigenvalue weighted by Crippen LogP contribution is 2.34. The minimum absolute atomic E-state index is 0.179. The Labute approximate surface area is 236 Å². The third-order valence-corrected chi connectivity index (χ3v) is 6.91. The van der Waals surface area contributed by atoms with Gasteiger partial charge in [-0.1, -0.05) is 42.8 Å². The van der Waals surface area contributed by atoms with Gasteiger partial charge in [0, 0.05) is 11.4 Å². The Bertz CT molecular complexity index is 1450. The molecule has 1 aliphatic rings. The largest absolute Gasteiger partial charge is 0.493 e. The van der Waals surface area contributed by atoms with E-state index in [2.05, 4.69) is 10.6 Å². The first-order valence-electron chi connectivity index (χ1n) is 12.6. The van der Waals surface area contributed by atoms with E-state index in [0.29, 0.717) is 28.4 Å². The number of thioether (sulfide) groups is 1. The molecule has 0 atom stereocenters. The van der Waals surface area contributed by atoms with Gasteiger partial charge in [0.05, 0.1) is 12.0 Å². The van der Waals surface area contributed by atoms with Gasteiger partial charge in [-0.05, 0) is 78.7 Å². The molecule has 0 unspecified atom stereocenters. The van der Waals surface area contributed by atoms with Gasteiger partial charge in [-0.25, -0.2) is 0 Å². The van der Waals surface area contributed by atoms with Crippen LogP contribution >= 0.6 is 11.8 Å². The molecular weight excluding hydrogens is 530 g/mol. The first-order chi connectivity index (χ1) is 19.2. The van der Waals surface area contributed by atoms with E-state index in [9.17, 15) is 19.2 Å². The molecule has 4 amide bonds. The Balaban J connectivity index is 1.36. The highest BCUT2D eigenvalue weighted by atomic mass is 32.2. The zero-order valence-corrected chi connectivity index (χ0v) is 23.2. The van der Waals surface area contributed by atoms with Gasteiger partial charge in [0.1, 0.15) is 6.54 Å². The Kier molecular flexibility index (Phi) is 9.23. The van der Waals surface area contributed by atoms with Gasteiger partial charge in [0.25, 0.3) is 17.1 Å². The Morgan fingerprint density at radius 2 is 1.55 bits per heavy atom. The van der Waals surface area contributed by atoms with Crippen LogP contribution < -0.4 is 20.1 Å². The van der Waals surface area contributed by atoms with Crippen LogP contribution in [0.1, 0.15) is 23.6 Å². The van der Waals surface area contributed by atoms with Crippen LogP contribution in [0, 0.1) is 6.92 Å². The van der Waals surface area contributed by atoms with E-state index in [1.807, 2.05) is 50.2 Å². The summed E-state index contributed by atoms with van der Waals surface area (Å²) in [6, 6.07) is 19.7. The molecule has 3 aromatic carbocycles. The summed E-state index contributed by atoms with van der Waals surface area (Å²) < 4.78 is 11.0. The summed E-state index contributed by atoms with van der Waals surface area (Å²) in [5.41, 5.74) is 4.06. The molecule has 1 heterocycles. The maximum absolute atomic E-state index is 12.9. The van der Waals surface area contributed by atoms with Crippen LogP contribution in [0.4, 0.5) is 16.2 Å². The van der Waals surface area contributed by atoms with Crippen molar-refractivity contribution >= 4 is 52.2 Å². The number of methoxy groups -OCH3 is 1. The predicted octanol–water partition coefficient (Wildman–Crippen LogP) is 5.26. The number of carbonyl (C=O) groups excluding carboxylic acids is 4. The van der Waals surface area contributed by atoms with Gasteiger partial charge in [-0.3, -0.25) is 24.1 Å². The van der Waals surface area contributed by atoms with Gasteiger partial charge in [0.15, 0.2) is 18.1 Å². The van der Waals surface area contributed by atoms with Crippen molar-refractivity contribution < 1.29 is 28.7 Å². The minimum Gasteiger partial charge on any atom is -0.493 e. The second-order valence-electron chi connectivity index (χ2n) is 8.98. The fourth-order valence-electron chi connectivity index (χ4n) is 3.83. The maximum atomic E-state index is 12.9. The lowest BCUT2D eigenvalue weighted by molar-refractivity contribution is -0.127. The van der Waals surface area contributed by atoms with Gasteiger partial charge in [-0.15, -0.1) is 0 Å². The number of rotatable bonds is 10. The third-order valence-electron chi connectivity index (χ3n) is 6.00. The molecule has 0 spiro atoms. The number of ether oxygens (including phenoxy) is 2. The van der Waals surface area contributed by atoms with Crippen LogP contribution in [0.25, 0.3) is 6.08 Å². The first-order valence-corrected chi connectivity index (χ1v) is 13.4. The van der Waals surface area contributed by atoms with Crippen molar-refractivity contribution in [3.05, 3.63) is 88.3 Å². The van der Waals surface area contributed by atoms with Crippen LogP contribution in [0.15, 0.2) is 71.6 Å². The predicted molar refractivity (Wildman–Crippen MR) is 155 cm³/mol. The number of hydrogen-bond donors (Lipinski definition) is 2. The fourth-order valence-corrected chi connectivity index (χ4v) is 4.66. The van der Waals surface area contributed by atoms with Crippen molar-refractivity contribution in [2.75, 3.05) is 30.9 Å². The molecule has 0 bridgehead atoms. The molecule has 1 saturated heterocycles. The van der Waals surface area contributed by atoms with Gasteiger partial charge < -0.3 is 20.1 Å². The van der Waals surface area contributed by atoms with E-state index in [1.165, 1.54) is 7.11 Å². The number of amides is 4. The molecule has 206 valence electrons. The molecule has 40 heavy (non-hydrogen) atoms. The molecule has 4 rings (SSSR count). The lowest BCUT2D eigenvalue weighted by Gasteiger charge is -2.13. The van der Waals surface area contributed by atoms with Gasteiger partial charge in [-0.2, -0.15) is 0 Å². The molecule has 0 aliphatic carbocycles. The van der Waals surface area contributed by atoms with Crippen LogP contribution in [0.5, 0.6) is 11.5 Å². The molecule has 1 fully saturated rings. The molecule has 3 aromatic rings. The Morgan fingerprint density at radius 1 is 0.900 bits per heavy atom. The van der Waals surface area contributed by atoms with Crippen LogP contribution in [-0.4, -0.2) is 48.1 Å². The van der Waals surface area contributed by atoms with Gasteiger partial charge in [0.2, 0.25) is 5.91 Å². The standard InChI is InChI=1S/C30H29N3O6S/c1-4-20-7-12-23(13-8-20)31-27(34)17-33-29(36)26(40-30(33)37)16-21-9-14-24(25(15-21)38-3)39-18-28(35)32-22-10-5-19(2)6-11-22/h5-16H,4,17-18H2,1-3H3,(H,31,34)(H,32,35)/b26-16+. The fraction of sp³-hybridized carbons (Fsp3) is 0.200. The van der Waals surface area contributed by atoms with E-state index in [1.54, 1.807) is 36.4 Å². The lowest BCUT2D eigenvalue weighted by Crippen LogP contribution is -2.36. The summed E-state index contributed by atoms with van der Waals surface area (Å²) in [5, 5.41) is 4.94. The summed E-state index contributed by atoms with van der Waals surface area (Å²) in [4.78, 5) is 51.2. The van der Waals surface area contributed by atoms with E-state index >= 15 is 0 Å². The zero-order valence-electron chi connectivity index (χ0n) is 22.4. The van der Waals surface area contributed by atoms with Gasteiger partial charge >= 0.3 is 0 Å². The number of carbonyl (C=O) groups is 4. The van der Waals surface area contributed by atoms with E-state index in [-0.39, 0.29) is 17.4 Å². The monoisotopic (exact) mass is 559 g/mol. The van der Waals surface area contributed by atoms with Crippen molar-refractivity contribution in [1.82, 2.24) is 4.90 Å². The molecule has 10 heteroatoms. The Hall–Kier alpha value is -4.57.